The molecule has 0 bridgehead atoms. The van der Waals surface area contributed by atoms with Gasteiger partial charge in [-0.3, -0.25) is 4.90 Å². The van der Waals surface area contributed by atoms with Gasteiger partial charge in [-0.15, -0.1) is 0 Å². The lowest BCUT2D eigenvalue weighted by Gasteiger charge is -2.15. The predicted molar refractivity (Wildman–Crippen MR) is 54.6 cm³/mol. The van der Waals surface area contributed by atoms with Crippen molar-refractivity contribution in [3.63, 3.8) is 0 Å². The highest BCUT2D eigenvalue weighted by Gasteiger charge is 2.07. The van der Waals surface area contributed by atoms with Gasteiger partial charge in [0, 0.05) is 6.54 Å². The van der Waals surface area contributed by atoms with E-state index in [1.165, 1.54) is 4.90 Å². The van der Waals surface area contributed by atoms with E-state index in [9.17, 15) is 9.50 Å². The lowest BCUT2D eigenvalue weighted by molar-refractivity contribution is 0.135. The van der Waals surface area contributed by atoms with E-state index in [-0.39, 0.29) is 0 Å². The topological polar surface area (TPSA) is 23.5 Å². The highest BCUT2D eigenvalue weighted by molar-refractivity contribution is 5.17. The number of halogens is 1. The summed E-state index contributed by atoms with van der Waals surface area (Å²) >= 11 is 0. The van der Waals surface area contributed by atoms with Gasteiger partial charge in [0.15, 0.2) is 0 Å². The third-order valence-electron chi connectivity index (χ3n) is 2.17. The quantitative estimate of drug-likeness (QED) is 0.729. The molecule has 0 saturated carbocycles. The Morgan fingerprint density at radius 2 is 2.00 bits per heavy atom. The van der Waals surface area contributed by atoms with Crippen molar-refractivity contribution in [2.45, 2.75) is 12.5 Å². The smallest absolute Gasteiger partial charge is 0.142 e. The monoisotopic (exact) mass is 197 g/mol. The first-order valence-corrected chi connectivity index (χ1v) is 4.71. The van der Waals surface area contributed by atoms with Crippen LogP contribution in [0, 0.1) is 0 Å². The lowest BCUT2D eigenvalue weighted by Crippen LogP contribution is -2.20. The largest absolute Gasteiger partial charge is 0.388 e. The van der Waals surface area contributed by atoms with Gasteiger partial charge in [0.25, 0.3) is 0 Å². The third-order valence-corrected chi connectivity index (χ3v) is 2.17. The molecule has 0 heterocycles. The van der Waals surface area contributed by atoms with Crippen LogP contribution < -0.4 is 0 Å². The van der Waals surface area contributed by atoms with Crippen LogP contribution in [0.15, 0.2) is 30.3 Å². The predicted octanol–water partition coefficient (Wildman–Crippen LogP) is 1.97. The van der Waals surface area contributed by atoms with Crippen molar-refractivity contribution in [3.8, 4) is 0 Å². The number of hydrogen-bond donors (Lipinski definition) is 1. The van der Waals surface area contributed by atoms with Crippen molar-refractivity contribution in [2.24, 2.45) is 0 Å². The van der Waals surface area contributed by atoms with Crippen molar-refractivity contribution >= 4 is 0 Å². The molecule has 1 atom stereocenters. The standard InChI is InChI=1S/C11H16FNO/c1-13(9-12)8-7-11(14)10-5-3-2-4-6-10/h2-6,11,14H,7-9H2,1H3. The fraction of sp³-hybridized carbons (Fsp3) is 0.455. The van der Waals surface area contributed by atoms with Crippen LogP contribution in [0.2, 0.25) is 0 Å². The van der Waals surface area contributed by atoms with Crippen molar-refractivity contribution in [1.29, 1.82) is 0 Å². The molecule has 2 nitrogen and oxygen atoms in total. The second-order valence-corrected chi connectivity index (χ2v) is 3.41. The fourth-order valence-electron chi connectivity index (χ4n) is 1.24. The summed E-state index contributed by atoms with van der Waals surface area (Å²) in [5, 5.41) is 9.72. The van der Waals surface area contributed by atoms with Gasteiger partial charge < -0.3 is 5.11 Å². The van der Waals surface area contributed by atoms with E-state index in [0.717, 1.165) is 5.56 Å². The van der Waals surface area contributed by atoms with Gasteiger partial charge in [-0.1, -0.05) is 30.3 Å². The highest BCUT2D eigenvalue weighted by Crippen LogP contribution is 2.15. The van der Waals surface area contributed by atoms with E-state index in [2.05, 4.69) is 0 Å². The first-order chi connectivity index (χ1) is 6.74. The number of aliphatic hydroxyl groups is 1. The summed E-state index contributed by atoms with van der Waals surface area (Å²) < 4.78 is 12.1. The second-order valence-electron chi connectivity index (χ2n) is 3.41. The van der Waals surface area contributed by atoms with Gasteiger partial charge in [-0.2, -0.15) is 0 Å². The molecule has 1 N–H and O–H groups in total. The molecular weight excluding hydrogens is 181 g/mol. The van der Waals surface area contributed by atoms with Crippen molar-refractivity contribution < 1.29 is 9.50 Å². The van der Waals surface area contributed by atoms with Gasteiger partial charge in [-0.25, -0.2) is 4.39 Å². The van der Waals surface area contributed by atoms with Crippen molar-refractivity contribution in [2.75, 3.05) is 20.4 Å². The Hall–Kier alpha value is -0.930. The molecule has 0 aromatic heterocycles. The molecule has 0 amide bonds. The summed E-state index contributed by atoms with van der Waals surface area (Å²) in [5.41, 5.74) is 0.889. The Morgan fingerprint density at radius 3 is 2.57 bits per heavy atom. The van der Waals surface area contributed by atoms with Crippen LogP contribution in [0.25, 0.3) is 0 Å². The summed E-state index contributed by atoms with van der Waals surface area (Å²) in [7, 11) is 1.69. The number of nitrogens with zero attached hydrogens (tertiary/aromatic N) is 1. The Kier molecular flexibility index (Phi) is 4.56. The summed E-state index contributed by atoms with van der Waals surface area (Å²) in [6.45, 7) is 0.0913. The van der Waals surface area contributed by atoms with E-state index < -0.39 is 12.9 Å². The lowest BCUT2D eigenvalue weighted by atomic mass is 10.1. The Labute approximate surface area is 84.0 Å². The Bertz CT molecular complexity index is 253. The zero-order valence-corrected chi connectivity index (χ0v) is 8.36. The number of alkyl halides is 1. The summed E-state index contributed by atoms with van der Waals surface area (Å²) in [6.07, 6.45) is 0.0648. The van der Waals surface area contributed by atoms with E-state index in [1.807, 2.05) is 30.3 Å². The molecule has 1 unspecified atom stereocenters. The van der Waals surface area contributed by atoms with Crippen LogP contribution in [-0.4, -0.2) is 30.4 Å². The van der Waals surface area contributed by atoms with Gasteiger partial charge in [-0.05, 0) is 19.0 Å². The van der Waals surface area contributed by atoms with Crippen LogP contribution in [0.4, 0.5) is 4.39 Å². The van der Waals surface area contributed by atoms with E-state index in [1.54, 1.807) is 7.05 Å². The average molecular weight is 197 g/mol. The fourth-order valence-corrected chi connectivity index (χ4v) is 1.24. The molecule has 0 aliphatic heterocycles. The molecule has 0 radical (unpaired) electrons. The van der Waals surface area contributed by atoms with Crippen LogP contribution in [0.3, 0.4) is 0 Å². The molecule has 0 aliphatic carbocycles. The summed E-state index contributed by atoms with van der Waals surface area (Å²) in [5.74, 6) is 0. The first-order valence-electron chi connectivity index (χ1n) is 4.71. The SMILES string of the molecule is CN(CF)CCC(O)c1ccccc1. The van der Waals surface area contributed by atoms with E-state index >= 15 is 0 Å². The van der Waals surface area contributed by atoms with Crippen LogP contribution in [0.1, 0.15) is 18.1 Å². The van der Waals surface area contributed by atoms with Gasteiger partial charge >= 0.3 is 0 Å². The average Bonchev–Trinajstić information content (AvgIpc) is 2.26. The van der Waals surface area contributed by atoms with Crippen LogP contribution in [0.5, 0.6) is 0 Å². The Balaban J connectivity index is 2.39. The number of rotatable bonds is 5. The molecule has 3 heteroatoms. The maximum absolute atomic E-state index is 12.1. The van der Waals surface area contributed by atoms with Gasteiger partial charge in [0.05, 0.1) is 6.10 Å². The zero-order chi connectivity index (χ0) is 10.4. The molecule has 1 aromatic rings. The first kappa shape index (κ1) is 11.1. The maximum atomic E-state index is 12.1. The maximum Gasteiger partial charge on any atom is 0.142 e. The van der Waals surface area contributed by atoms with E-state index in [4.69, 9.17) is 0 Å². The van der Waals surface area contributed by atoms with Gasteiger partial charge in [0.2, 0.25) is 0 Å². The number of hydrogen-bond acceptors (Lipinski definition) is 2. The molecule has 1 rings (SSSR count). The third kappa shape index (κ3) is 3.44. The normalized spacial score (nSPS) is 13.1. The van der Waals surface area contributed by atoms with Gasteiger partial charge in [0.1, 0.15) is 6.80 Å². The number of benzene rings is 1. The summed E-state index contributed by atoms with van der Waals surface area (Å²) in [4.78, 5) is 1.53. The molecule has 1 aromatic carbocycles. The molecule has 14 heavy (non-hydrogen) atoms. The zero-order valence-electron chi connectivity index (χ0n) is 8.36. The van der Waals surface area contributed by atoms with Crippen LogP contribution >= 0.6 is 0 Å². The van der Waals surface area contributed by atoms with Crippen molar-refractivity contribution in [3.05, 3.63) is 35.9 Å². The molecule has 0 saturated heterocycles. The minimum Gasteiger partial charge on any atom is -0.388 e. The molecular formula is C11H16FNO. The minimum absolute atomic E-state index is 0.471. The van der Waals surface area contributed by atoms with E-state index in [0.29, 0.717) is 13.0 Å². The molecule has 78 valence electrons. The highest BCUT2D eigenvalue weighted by atomic mass is 19.1. The Morgan fingerprint density at radius 1 is 1.36 bits per heavy atom. The molecule has 0 spiro atoms. The minimum atomic E-state index is -0.495. The number of aliphatic hydroxyl groups excluding tert-OH is 1. The summed E-state index contributed by atoms with van der Waals surface area (Å²) in [6, 6.07) is 9.43. The van der Waals surface area contributed by atoms with Crippen molar-refractivity contribution in [1.82, 2.24) is 4.90 Å². The molecule has 0 fully saturated rings. The molecule has 0 aliphatic rings. The second kappa shape index (κ2) is 5.73. The van der Waals surface area contributed by atoms with Crippen LogP contribution in [-0.2, 0) is 0 Å².